The van der Waals surface area contributed by atoms with Crippen molar-refractivity contribution in [3.05, 3.63) is 51.7 Å². The van der Waals surface area contributed by atoms with Gasteiger partial charge in [-0.15, -0.1) is 0 Å². The highest BCUT2D eigenvalue weighted by molar-refractivity contribution is 9.10. The number of aromatic nitrogens is 1. The molecule has 0 unspecified atom stereocenters. The van der Waals surface area contributed by atoms with E-state index in [9.17, 15) is 9.59 Å². The van der Waals surface area contributed by atoms with Crippen LogP contribution in [-0.4, -0.2) is 16.8 Å². The lowest BCUT2D eigenvalue weighted by molar-refractivity contribution is -0.114. The van der Waals surface area contributed by atoms with Gasteiger partial charge in [0, 0.05) is 22.6 Å². The molecular weight excluding hydrogens is 358 g/mol. The predicted octanol–water partition coefficient (Wildman–Crippen LogP) is 3.71. The van der Waals surface area contributed by atoms with Crippen LogP contribution in [0.1, 0.15) is 17.4 Å². The molecule has 0 radical (unpaired) electrons. The fourth-order valence-electron chi connectivity index (χ4n) is 1.63. The van der Waals surface area contributed by atoms with E-state index in [-0.39, 0.29) is 11.6 Å². The third-order valence-electron chi connectivity index (χ3n) is 2.50. The number of nitrogens with zero attached hydrogens (tertiary/aromatic N) is 1. The Kier molecular flexibility index (Phi) is 4.93. The van der Waals surface area contributed by atoms with Crippen molar-refractivity contribution in [2.75, 3.05) is 10.6 Å². The number of rotatable bonds is 3. The van der Waals surface area contributed by atoms with E-state index in [1.54, 1.807) is 24.3 Å². The van der Waals surface area contributed by atoms with Crippen LogP contribution >= 0.6 is 27.5 Å². The van der Waals surface area contributed by atoms with Crippen LogP contribution in [0.4, 0.5) is 11.4 Å². The second-order valence-electron chi connectivity index (χ2n) is 4.18. The Balaban J connectivity index is 2.27. The van der Waals surface area contributed by atoms with E-state index in [2.05, 4.69) is 31.5 Å². The molecule has 7 heteroatoms. The summed E-state index contributed by atoms with van der Waals surface area (Å²) < 4.78 is 0.769. The summed E-state index contributed by atoms with van der Waals surface area (Å²) in [7, 11) is 0. The highest BCUT2D eigenvalue weighted by Crippen LogP contribution is 2.26. The van der Waals surface area contributed by atoms with E-state index in [0.717, 1.165) is 4.47 Å². The molecule has 5 nitrogen and oxygen atoms in total. The van der Waals surface area contributed by atoms with Crippen LogP contribution < -0.4 is 10.6 Å². The van der Waals surface area contributed by atoms with Crippen molar-refractivity contribution in [2.45, 2.75) is 6.92 Å². The number of amides is 2. The van der Waals surface area contributed by atoms with Gasteiger partial charge in [0.2, 0.25) is 5.91 Å². The fourth-order valence-corrected chi connectivity index (χ4v) is 2.15. The van der Waals surface area contributed by atoms with Crippen molar-refractivity contribution in [1.29, 1.82) is 0 Å². The van der Waals surface area contributed by atoms with Crippen LogP contribution in [0.3, 0.4) is 0 Å². The largest absolute Gasteiger partial charge is 0.325 e. The van der Waals surface area contributed by atoms with E-state index in [1.165, 1.54) is 19.2 Å². The topological polar surface area (TPSA) is 71.1 Å². The van der Waals surface area contributed by atoms with Gasteiger partial charge in [0.25, 0.3) is 5.91 Å². The van der Waals surface area contributed by atoms with E-state index < -0.39 is 5.91 Å². The smallest absolute Gasteiger partial charge is 0.274 e. The van der Waals surface area contributed by atoms with E-state index in [4.69, 9.17) is 11.6 Å². The molecule has 108 valence electrons. The number of carbonyl (C=O) groups is 2. The summed E-state index contributed by atoms with van der Waals surface area (Å²) in [6.45, 7) is 1.40. The lowest BCUT2D eigenvalue weighted by Crippen LogP contribution is -2.16. The van der Waals surface area contributed by atoms with Crippen LogP contribution in [0.2, 0.25) is 5.02 Å². The number of nitrogens with one attached hydrogen (secondary N) is 2. The first-order chi connectivity index (χ1) is 9.95. The second kappa shape index (κ2) is 6.69. The number of anilines is 2. The third-order valence-corrected chi connectivity index (χ3v) is 3.22. The molecule has 2 amide bonds. The average molecular weight is 369 g/mol. The van der Waals surface area contributed by atoms with Gasteiger partial charge in [-0.1, -0.05) is 27.5 Å². The number of benzene rings is 1. The predicted molar refractivity (Wildman–Crippen MR) is 85.6 cm³/mol. The van der Waals surface area contributed by atoms with Gasteiger partial charge in [-0.25, -0.2) is 0 Å². The molecule has 0 aliphatic rings. The van der Waals surface area contributed by atoms with Crippen LogP contribution in [0, 0.1) is 0 Å². The lowest BCUT2D eigenvalue weighted by atomic mass is 10.2. The van der Waals surface area contributed by atoms with Gasteiger partial charge in [0.1, 0.15) is 5.69 Å². The molecule has 0 fully saturated rings. The maximum atomic E-state index is 12.2. The molecule has 2 aromatic rings. The summed E-state index contributed by atoms with van der Waals surface area (Å²) in [6.07, 6.45) is 1.45. The maximum Gasteiger partial charge on any atom is 0.274 e. The van der Waals surface area contributed by atoms with Gasteiger partial charge in [0.15, 0.2) is 0 Å². The second-order valence-corrected chi connectivity index (χ2v) is 5.54. The number of carbonyl (C=O) groups excluding carboxylic acids is 2. The average Bonchev–Trinajstić information content (AvgIpc) is 2.41. The Morgan fingerprint density at radius 1 is 1.14 bits per heavy atom. The Bertz CT molecular complexity index is 706. The number of pyridine rings is 1. The quantitative estimate of drug-likeness (QED) is 0.867. The molecule has 0 atom stereocenters. The standard InChI is InChI=1S/C14H11BrClN3O2/c1-8(20)18-11-3-2-9(15)6-12(11)19-14(21)13-7-10(16)4-5-17-13/h2-7H,1H3,(H,18,20)(H,19,21). The monoisotopic (exact) mass is 367 g/mol. The molecule has 0 saturated heterocycles. The minimum absolute atomic E-state index is 0.191. The summed E-state index contributed by atoms with van der Waals surface area (Å²) in [5.41, 5.74) is 1.16. The molecular formula is C14H11BrClN3O2. The van der Waals surface area contributed by atoms with Crippen LogP contribution in [0.5, 0.6) is 0 Å². The van der Waals surface area contributed by atoms with Gasteiger partial charge in [0.05, 0.1) is 11.4 Å². The minimum Gasteiger partial charge on any atom is -0.325 e. The summed E-state index contributed by atoms with van der Waals surface area (Å²) in [6, 6.07) is 8.19. The van der Waals surface area contributed by atoms with Crippen molar-refractivity contribution in [3.8, 4) is 0 Å². The number of halogens is 2. The summed E-state index contributed by atoms with van der Waals surface area (Å²) in [4.78, 5) is 27.3. The Morgan fingerprint density at radius 3 is 2.57 bits per heavy atom. The molecule has 2 rings (SSSR count). The van der Waals surface area contributed by atoms with Crippen LogP contribution in [0.25, 0.3) is 0 Å². The number of hydrogen-bond acceptors (Lipinski definition) is 3. The molecule has 0 aliphatic heterocycles. The Hall–Kier alpha value is -1.92. The van der Waals surface area contributed by atoms with Crippen molar-refractivity contribution < 1.29 is 9.59 Å². The molecule has 1 aromatic carbocycles. The zero-order valence-corrected chi connectivity index (χ0v) is 13.3. The highest BCUT2D eigenvalue weighted by atomic mass is 79.9. The van der Waals surface area contributed by atoms with Crippen molar-refractivity contribution in [2.24, 2.45) is 0 Å². The van der Waals surface area contributed by atoms with Gasteiger partial charge in [-0.3, -0.25) is 14.6 Å². The van der Waals surface area contributed by atoms with Crippen molar-refractivity contribution >= 4 is 50.7 Å². The van der Waals surface area contributed by atoms with Crippen LogP contribution in [-0.2, 0) is 4.79 Å². The lowest BCUT2D eigenvalue weighted by Gasteiger charge is -2.11. The molecule has 2 N–H and O–H groups in total. The summed E-state index contributed by atoms with van der Waals surface area (Å²) in [5, 5.41) is 5.77. The van der Waals surface area contributed by atoms with Crippen LogP contribution in [0.15, 0.2) is 41.0 Å². The first-order valence-electron chi connectivity index (χ1n) is 5.96. The maximum absolute atomic E-state index is 12.2. The van der Waals surface area contributed by atoms with Crippen molar-refractivity contribution in [1.82, 2.24) is 4.98 Å². The van der Waals surface area contributed by atoms with Gasteiger partial charge >= 0.3 is 0 Å². The molecule has 0 spiro atoms. The molecule has 0 saturated carbocycles. The SMILES string of the molecule is CC(=O)Nc1ccc(Br)cc1NC(=O)c1cc(Cl)ccn1. The van der Waals surface area contributed by atoms with Gasteiger partial charge in [-0.2, -0.15) is 0 Å². The Labute approximate surface area is 134 Å². The molecule has 1 aromatic heterocycles. The molecule has 21 heavy (non-hydrogen) atoms. The van der Waals surface area contributed by atoms with Gasteiger partial charge < -0.3 is 10.6 Å². The van der Waals surface area contributed by atoms with Gasteiger partial charge in [-0.05, 0) is 30.3 Å². The highest BCUT2D eigenvalue weighted by Gasteiger charge is 2.12. The molecule has 0 aliphatic carbocycles. The Morgan fingerprint density at radius 2 is 1.90 bits per heavy atom. The molecule has 0 bridgehead atoms. The first kappa shape index (κ1) is 15.5. The normalized spacial score (nSPS) is 10.0. The fraction of sp³-hybridized carbons (Fsp3) is 0.0714. The zero-order chi connectivity index (χ0) is 15.4. The zero-order valence-electron chi connectivity index (χ0n) is 11.0. The molecule has 1 heterocycles. The summed E-state index contributed by atoms with van der Waals surface area (Å²) >= 11 is 9.15. The van der Waals surface area contributed by atoms with E-state index in [1.807, 2.05) is 0 Å². The van der Waals surface area contributed by atoms with E-state index in [0.29, 0.717) is 16.4 Å². The first-order valence-corrected chi connectivity index (χ1v) is 7.13. The minimum atomic E-state index is -0.415. The van der Waals surface area contributed by atoms with E-state index >= 15 is 0 Å². The summed E-state index contributed by atoms with van der Waals surface area (Å²) in [5.74, 6) is -0.643. The third kappa shape index (κ3) is 4.27. The van der Waals surface area contributed by atoms with Crippen molar-refractivity contribution in [3.63, 3.8) is 0 Å². The number of hydrogen-bond donors (Lipinski definition) is 2.